The van der Waals surface area contributed by atoms with Crippen molar-refractivity contribution in [1.29, 1.82) is 0 Å². The quantitative estimate of drug-likeness (QED) is 0.295. The van der Waals surface area contributed by atoms with Crippen LogP contribution >= 0.6 is 0 Å². The molecule has 1 aliphatic heterocycles. The van der Waals surface area contributed by atoms with E-state index in [1.807, 2.05) is 0 Å². The summed E-state index contributed by atoms with van der Waals surface area (Å²) in [6.45, 7) is 0.783. The molecule has 0 aromatic heterocycles. The number of ether oxygens (including phenoxy) is 2. The van der Waals surface area contributed by atoms with Gasteiger partial charge in [0.15, 0.2) is 0 Å². The summed E-state index contributed by atoms with van der Waals surface area (Å²) in [5.41, 5.74) is 0. The highest BCUT2D eigenvalue weighted by Crippen LogP contribution is 2.10. The van der Waals surface area contributed by atoms with Crippen molar-refractivity contribution in [2.75, 3.05) is 13.2 Å². The van der Waals surface area contributed by atoms with Crippen LogP contribution in [0.5, 0.6) is 0 Å². The summed E-state index contributed by atoms with van der Waals surface area (Å²) < 4.78 is 10.2. The van der Waals surface area contributed by atoms with Crippen molar-refractivity contribution in [2.45, 2.75) is 109 Å². The Kier molecular flexibility index (Phi) is 16.8. The molecule has 4 heteroatoms. The van der Waals surface area contributed by atoms with Gasteiger partial charge in [-0.05, 0) is 37.5 Å². The highest BCUT2D eigenvalue weighted by atomic mass is 16.6. The maximum Gasteiger partial charge on any atom is 0.317 e. The molecule has 0 aromatic rings. The average Bonchev–Trinajstić information content (AvgIpc) is 2.70. The highest BCUT2D eigenvalue weighted by molar-refractivity contribution is 5.91. The van der Waals surface area contributed by atoms with E-state index in [-0.39, 0.29) is 6.42 Å². The van der Waals surface area contributed by atoms with Crippen molar-refractivity contribution in [3.8, 4) is 23.7 Å². The van der Waals surface area contributed by atoms with Gasteiger partial charge in [0, 0.05) is 12.8 Å². The van der Waals surface area contributed by atoms with Crippen LogP contribution < -0.4 is 0 Å². The molecule has 0 amide bonds. The number of esters is 2. The van der Waals surface area contributed by atoms with Crippen LogP contribution in [0.1, 0.15) is 109 Å². The van der Waals surface area contributed by atoms with Crippen molar-refractivity contribution in [1.82, 2.24) is 0 Å². The van der Waals surface area contributed by atoms with Gasteiger partial charge >= 0.3 is 11.9 Å². The Morgan fingerprint density at radius 3 is 1.24 bits per heavy atom. The van der Waals surface area contributed by atoms with Gasteiger partial charge in [0.25, 0.3) is 0 Å². The third-order valence-electron chi connectivity index (χ3n) is 4.95. The van der Waals surface area contributed by atoms with Crippen LogP contribution in [0.25, 0.3) is 0 Å². The third-order valence-corrected chi connectivity index (χ3v) is 4.95. The van der Waals surface area contributed by atoms with Crippen LogP contribution in [0.2, 0.25) is 0 Å². The fraction of sp³-hybridized carbons (Fsp3) is 0.760. The van der Waals surface area contributed by atoms with E-state index >= 15 is 0 Å². The van der Waals surface area contributed by atoms with Crippen molar-refractivity contribution >= 4 is 11.9 Å². The molecule has 0 atom stereocenters. The molecule has 0 bridgehead atoms. The number of carbonyl (C=O) groups is 2. The molecule has 4 nitrogen and oxygen atoms in total. The lowest BCUT2D eigenvalue weighted by Crippen LogP contribution is -2.15. The van der Waals surface area contributed by atoms with E-state index in [2.05, 4.69) is 23.7 Å². The average molecular weight is 403 g/mol. The number of carbonyl (C=O) groups excluding carboxylic acids is 2. The molecule has 1 aliphatic rings. The first kappa shape index (κ1) is 25.1. The van der Waals surface area contributed by atoms with Gasteiger partial charge in [-0.2, -0.15) is 0 Å². The topological polar surface area (TPSA) is 52.6 Å². The Hall–Kier alpha value is -1.94. The Labute approximate surface area is 177 Å². The van der Waals surface area contributed by atoms with Crippen LogP contribution in [0.4, 0.5) is 0 Å². The van der Waals surface area contributed by atoms with Crippen LogP contribution in [0, 0.1) is 23.7 Å². The zero-order valence-electron chi connectivity index (χ0n) is 18.1. The molecule has 1 rings (SSSR count). The minimum atomic E-state index is -0.475. The third kappa shape index (κ3) is 17.9. The molecule has 0 saturated heterocycles. The SMILES string of the molecule is O=C1CC(=O)OCCCCCCCCCC#CC#CCCCCCCCCCO1. The smallest absolute Gasteiger partial charge is 0.317 e. The lowest BCUT2D eigenvalue weighted by Gasteiger charge is -2.06. The minimum Gasteiger partial charge on any atom is -0.465 e. The summed E-state index contributed by atoms with van der Waals surface area (Å²) in [5, 5.41) is 0. The molecular formula is C25H38O4. The normalized spacial score (nSPS) is 20.6. The van der Waals surface area contributed by atoms with E-state index in [1.165, 1.54) is 38.5 Å². The van der Waals surface area contributed by atoms with E-state index in [0.717, 1.165) is 64.2 Å². The molecule has 0 N–H and O–H groups in total. The lowest BCUT2D eigenvalue weighted by molar-refractivity contribution is -0.154. The molecule has 0 radical (unpaired) electrons. The molecule has 0 saturated carbocycles. The van der Waals surface area contributed by atoms with Crippen molar-refractivity contribution in [2.24, 2.45) is 0 Å². The van der Waals surface area contributed by atoms with Crippen molar-refractivity contribution in [3.63, 3.8) is 0 Å². The van der Waals surface area contributed by atoms with Crippen molar-refractivity contribution in [3.05, 3.63) is 0 Å². The summed E-state index contributed by atoms with van der Waals surface area (Å²) >= 11 is 0. The molecule has 0 unspecified atom stereocenters. The van der Waals surface area contributed by atoms with Crippen molar-refractivity contribution < 1.29 is 19.1 Å². The van der Waals surface area contributed by atoms with Crippen LogP contribution in [0.15, 0.2) is 0 Å². The first-order valence-electron chi connectivity index (χ1n) is 11.6. The number of hydrogen-bond acceptors (Lipinski definition) is 4. The summed E-state index contributed by atoms with van der Waals surface area (Å²) in [4.78, 5) is 23.3. The molecule has 162 valence electrons. The van der Waals surface area contributed by atoms with E-state index in [1.54, 1.807) is 0 Å². The fourth-order valence-corrected chi connectivity index (χ4v) is 3.20. The van der Waals surface area contributed by atoms with Gasteiger partial charge in [0.1, 0.15) is 6.42 Å². The Morgan fingerprint density at radius 1 is 0.483 bits per heavy atom. The van der Waals surface area contributed by atoms with Crippen LogP contribution in [-0.4, -0.2) is 25.2 Å². The number of hydrogen-bond donors (Lipinski definition) is 0. The lowest BCUT2D eigenvalue weighted by atomic mass is 10.1. The van der Waals surface area contributed by atoms with Crippen LogP contribution in [-0.2, 0) is 19.1 Å². The van der Waals surface area contributed by atoms with Gasteiger partial charge in [0.05, 0.1) is 13.2 Å². The standard InChI is InChI=1S/C25H38O4/c26-24-23-25(27)29-22-20-18-16-14-12-10-8-6-4-2-1-3-5-7-9-11-13-15-17-19-21-28-24/h5-23H2. The van der Waals surface area contributed by atoms with Gasteiger partial charge in [-0.3, -0.25) is 9.59 Å². The maximum atomic E-state index is 11.6. The maximum absolute atomic E-state index is 11.6. The fourth-order valence-electron chi connectivity index (χ4n) is 3.20. The second-order valence-electron chi connectivity index (χ2n) is 7.67. The largest absolute Gasteiger partial charge is 0.465 e. The predicted octanol–water partition coefficient (Wildman–Crippen LogP) is 5.72. The van der Waals surface area contributed by atoms with E-state index in [4.69, 9.17) is 9.47 Å². The van der Waals surface area contributed by atoms with Gasteiger partial charge in [-0.15, -0.1) is 0 Å². The van der Waals surface area contributed by atoms with E-state index < -0.39 is 11.9 Å². The molecular weight excluding hydrogens is 364 g/mol. The summed E-state index contributed by atoms with van der Waals surface area (Å²) in [7, 11) is 0. The summed E-state index contributed by atoms with van der Waals surface area (Å²) in [6.07, 6.45) is 17.2. The summed E-state index contributed by atoms with van der Waals surface area (Å²) in [5.74, 6) is 11.3. The predicted molar refractivity (Wildman–Crippen MR) is 116 cm³/mol. The number of cyclic esters (lactones) is 2. The second kappa shape index (κ2) is 19.4. The summed E-state index contributed by atoms with van der Waals surface area (Å²) in [6, 6.07) is 0. The Bertz CT molecular complexity index is 509. The zero-order chi connectivity index (χ0) is 20.8. The monoisotopic (exact) mass is 402 g/mol. The Morgan fingerprint density at radius 2 is 0.828 bits per heavy atom. The van der Waals surface area contributed by atoms with Gasteiger partial charge < -0.3 is 9.47 Å². The van der Waals surface area contributed by atoms with Gasteiger partial charge in [-0.1, -0.05) is 76.0 Å². The van der Waals surface area contributed by atoms with Gasteiger partial charge in [-0.25, -0.2) is 0 Å². The molecule has 1 heterocycles. The van der Waals surface area contributed by atoms with Gasteiger partial charge in [0.2, 0.25) is 0 Å². The minimum absolute atomic E-state index is 0.272. The molecule has 0 aromatic carbocycles. The van der Waals surface area contributed by atoms with E-state index in [9.17, 15) is 9.59 Å². The first-order chi connectivity index (χ1) is 14.3. The molecule has 0 aliphatic carbocycles. The second-order valence-corrected chi connectivity index (χ2v) is 7.67. The molecule has 29 heavy (non-hydrogen) atoms. The van der Waals surface area contributed by atoms with Crippen LogP contribution in [0.3, 0.4) is 0 Å². The number of rotatable bonds is 0. The zero-order valence-corrected chi connectivity index (χ0v) is 18.1. The Balaban J connectivity index is 2.25. The first-order valence-corrected chi connectivity index (χ1v) is 11.6. The highest BCUT2D eigenvalue weighted by Gasteiger charge is 2.11. The van der Waals surface area contributed by atoms with E-state index in [0.29, 0.717) is 13.2 Å². The molecule has 0 spiro atoms. The molecule has 0 fully saturated rings.